The number of hydrogen-bond acceptors (Lipinski definition) is 6. The van der Waals surface area contributed by atoms with Gasteiger partial charge in [-0.2, -0.15) is 0 Å². The van der Waals surface area contributed by atoms with Gasteiger partial charge in [0.1, 0.15) is 17.8 Å². The molecule has 0 unspecified atom stereocenters. The Morgan fingerprint density at radius 2 is 1.06 bits per heavy atom. The number of phenolic OH excluding ortho intramolecular Hbond substituents is 1. The van der Waals surface area contributed by atoms with E-state index in [2.05, 4.69) is 26.6 Å². The van der Waals surface area contributed by atoms with E-state index in [-0.39, 0.29) is 25.1 Å². The van der Waals surface area contributed by atoms with Gasteiger partial charge >= 0.3 is 0 Å². The van der Waals surface area contributed by atoms with Gasteiger partial charge in [0.05, 0.1) is 19.6 Å². The third kappa shape index (κ3) is 8.14. The van der Waals surface area contributed by atoms with Crippen molar-refractivity contribution in [1.82, 2.24) is 26.6 Å². The fourth-order valence-corrected chi connectivity index (χ4v) is 3.45. The van der Waals surface area contributed by atoms with E-state index in [0.717, 1.165) is 5.56 Å². The van der Waals surface area contributed by atoms with Crippen LogP contribution in [0, 0.1) is 0 Å². The second kappa shape index (κ2) is 12.2. The zero-order valence-corrected chi connectivity index (χ0v) is 18.9. The van der Waals surface area contributed by atoms with E-state index in [1.54, 1.807) is 36.4 Å². The summed E-state index contributed by atoms with van der Waals surface area (Å²) >= 11 is 0. The van der Waals surface area contributed by atoms with Gasteiger partial charge in [0.2, 0.25) is 29.5 Å². The van der Waals surface area contributed by atoms with E-state index < -0.39 is 54.7 Å². The van der Waals surface area contributed by atoms with E-state index in [4.69, 9.17) is 0 Å². The number of rotatable bonds is 4. The molecule has 0 saturated carbocycles. The van der Waals surface area contributed by atoms with E-state index in [9.17, 15) is 29.1 Å². The Kier molecular flexibility index (Phi) is 8.76. The van der Waals surface area contributed by atoms with Crippen LogP contribution in [0.1, 0.15) is 11.1 Å². The first-order valence-electron chi connectivity index (χ1n) is 11.0. The van der Waals surface area contributed by atoms with Crippen molar-refractivity contribution in [3.8, 4) is 5.75 Å². The summed E-state index contributed by atoms with van der Waals surface area (Å²) in [6, 6.07) is 13.1. The summed E-state index contributed by atoms with van der Waals surface area (Å²) in [5, 5.41) is 21.9. The number of amides is 5. The van der Waals surface area contributed by atoms with Gasteiger partial charge < -0.3 is 31.7 Å². The summed E-state index contributed by atoms with van der Waals surface area (Å²) in [5.74, 6) is -2.97. The van der Waals surface area contributed by atoms with Crippen LogP contribution in [0.3, 0.4) is 0 Å². The molecule has 0 aliphatic carbocycles. The van der Waals surface area contributed by atoms with Crippen molar-refractivity contribution in [2.45, 2.75) is 24.9 Å². The Morgan fingerprint density at radius 1 is 0.600 bits per heavy atom. The molecule has 0 aromatic heterocycles. The molecule has 2 aromatic rings. The first-order valence-corrected chi connectivity index (χ1v) is 11.0. The van der Waals surface area contributed by atoms with Crippen LogP contribution in [-0.2, 0) is 36.8 Å². The number of hydrogen-bond donors (Lipinski definition) is 6. The molecule has 2 aromatic carbocycles. The molecule has 1 saturated heterocycles. The van der Waals surface area contributed by atoms with Crippen molar-refractivity contribution < 1.29 is 29.1 Å². The Balaban J connectivity index is 1.75. The largest absolute Gasteiger partial charge is 0.508 e. The van der Waals surface area contributed by atoms with Crippen molar-refractivity contribution in [3.63, 3.8) is 0 Å². The van der Waals surface area contributed by atoms with Gasteiger partial charge in [-0.15, -0.1) is 0 Å². The first kappa shape index (κ1) is 25.2. The van der Waals surface area contributed by atoms with Crippen LogP contribution in [0.5, 0.6) is 5.75 Å². The summed E-state index contributed by atoms with van der Waals surface area (Å²) in [6.07, 6.45) is 0.265. The summed E-state index contributed by atoms with van der Waals surface area (Å²) in [6.45, 7) is -1.21. The van der Waals surface area contributed by atoms with Crippen molar-refractivity contribution in [3.05, 3.63) is 65.7 Å². The van der Waals surface area contributed by atoms with Gasteiger partial charge in [-0.25, -0.2) is 0 Å². The van der Waals surface area contributed by atoms with E-state index in [0.29, 0.717) is 5.56 Å². The third-order valence-corrected chi connectivity index (χ3v) is 5.25. The highest BCUT2D eigenvalue weighted by molar-refractivity contribution is 5.95. The highest BCUT2D eigenvalue weighted by Gasteiger charge is 2.25. The maximum absolute atomic E-state index is 12.8. The molecule has 2 atom stereocenters. The molecule has 1 heterocycles. The van der Waals surface area contributed by atoms with Crippen LogP contribution in [-0.4, -0.2) is 66.4 Å². The lowest BCUT2D eigenvalue weighted by molar-refractivity contribution is -0.131. The number of carbonyl (C=O) groups is 5. The molecule has 1 aliphatic rings. The van der Waals surface area contributed by atoms with Crippen LogP contribution in [0.15, 0.2) is 54.6 Å². The first-order chi connectivity index (χ1) is 16.8. The van der Waals surface area contributed by atoms with Crippen molar-refractivity contribution in [2.75, 3.05) is 19.6 Å². The van der Waals surface area contributed by atoms with Gasteiger partial charge in [0, 0.05) is 12.8 Å². The molecule has 11 heteroatoms. The predicted molar refractivity (Wildman–Crippen MR) is 125 cm³/mol. The number of benzene rings is 2. The summed E-state index contributed by atoms with van der Waals surface area (Å²) in [5.41, 5.74) is 1.45. The van der Waals surface area contributed by atoms with Crippen LogP contribution in [0.2, 0.25) is 0 Å². The lowest BCUT2D eigenvalue weighted by Gasteiger charge is -2.20. The molecule has 0 spiro atoms. The Hall–Kier alpha value is -4.41. The average molecular weight is 482 g/mol. The van der Waals surface area contributed by atoms with Crippen molar-refractivity contribution in [1.29, 1.82) is 0 Å². The minimum absolute atomic E-state index is 0.0527. The zero-order chi connectivity index (χ0) is 25.2. The lowest BCUT2D eigenvalue weighted by Crippen LogP contribution is -2.53. The van der Waals surface area contributed by atoms with E-state index in [1.807, 2.05) is 6.07 Å². The molecule has 3 rings (SSSR count). The molecule has 0 bridgehead atoms. The molecule has 35 heavy (non-hydrogen) atoms. The molecule has 6 N–H and O–H groups in total. The molecule has 184 valence electrons. The topological polar surface area (TPSA) is 166 Å². The second-order valence-electron chi connectivity index (χ2n) is 8.01. The summed E-state index contributed by atoms with van der Waals surface area (Å²) < 4.78 is 0. The highest BCUT2D eigenvalue weighted by Crippen LogP contribution is 2.11. The Bertz CT molecular complexity index is 1070. The smallest absolute Gasteiger partial charge is 0.243 e. The normalized spacial score (nSPS) is 20.3. The quantitative estimate of drug-likeness (QED) is 0.311. The van der Waals surface area contributed by atoms with Gasteiger partial charge in [-0.05, 0) is 23.3 Å². The molecular weight excluding hydrogens is 454 g/mol. The van der Waals surface area contributed by atoms with E-state index in [1.165, 1.54) is 12.1 Å². The minimum atomic E-state index is -1.04. The van der Waals surface area contributed by atoms with Gasteiger partial charge in [-0.3, -0.25) is 24.0 Å². The summed E-state index contributed by atoms with van der Waals surface area (Å²) in [7, 11) is 0. The van der Waals surface area contributed by atoms with Gasteiger partial charge in [-0.1, -0.05) is 42.5 Å². The molecule has 0 radical (unpaired) electrons. The molecule has 1 aliphatic heterocycles. The van der Waals surface area contributed by atoms with Crippen LogP contribution < -0.4 is 26.6 Å². The standard InChI is InChI=1S/C24H27N5O6/c30-17-8-6-16(7-9-17)11-19-23(34)26-12-20(31)25-13-21(32)28-18(10-15-4-2-1-3-5-15)24(35)27-14-22(33)29-19/h1-9,18-19,30H,10-14H2,(H,25,31)(H,26,34)(H,27,35)(H,28,32)(H,29,33)/t18-,19+/m0/s1. The molecule has 11 nitrogen and oxygen atoms in total. The van der Waals surface area contributed by atoms with Crippen molar-refractivity contribution >= 4 is 29.5 Å². The minimum Gasteiger partial charge on any atom is -0.508 e. The van der Waals surface area contributed by atoms with Crippen molar-refractivity contribution in [2.24, 2.45) is 0 Å². The fraction of sp³-hybridized carbons (Fsp3) is 0.292. The Morgan fingerprint density at radius 3 is 1.60 bits per heavy atom. The van der Waals surface area contributed by atoms with Gasteiger partial charge in [0.25, 0.3) is 0 Å². The number of phenols is 1. The zero-order valence-electron chi connectivity index (χ0n) is 18.9. The highest BCUT2D eigenvalue weighted by atomic mass is 16.3. The predicted octanol–water partition coefficient (Wildman–Crippen LogP) is -1.49. The number of nitrogens with one attached hydrogen (secondary N) is 5. The fourth-order valence-electron chi connectivity index (χ4n) is 3.45. The molecule has 1 fully saturated rings. The van der Waals surface area contributed by atoms with Crippen LogP contribution in [0.25, 0.3) is 0 Å². The summed E-state index contributed by atoms with van der Waals surface area (Å²) in [4.78, 5) is 62.5. The number of carbonyl (C=O) groups excluding carboxylic acids is 5. The number of aromatic hydroxyl groups is 1. The molecule has 5 amide bonds. The maximum atomic E-state index is 12.8. The second-order valence-corrected chi connectivity index (χ2v) is 8.01. The average Bonchev–Trinajstić information content (AvgIpc) is 2.85. The van der Waals surface area contributed by atoms with E-state index >= 15 is 0 Å². The van der Waals surface area contributed by atoms with Gasteiger partial charge in [0.15, 0.2) is 0 Å². The monoisotopic (exact) mass is 481 g/mol. The maximum Gasteiger partial charge on any atom is 0.243 e. The van der Waals surface area contributed by atoms with Crippen LogP contribution >= 0.6 is 0 Å². The third-order valence-electron chi connectivity index (χ3n) is 5.25. The SMILES string of the molecule is O=C1CNC(=O)[C@@H](Cc2ccc(O)cc2)NC(=O)CNC(=O)[C@H](Cc2ccccc2)NC(=O)CN1. The lowest BCUT2D eigenvalue weighted by atomic mass is 10.0. The molecular formula is C24H27N5O6. The Labute approximate surface area is 201 Å². The van der Waals surface area contributed by atoms with Crippen LogP contribution in [0.4, 0.5) is 0 Å².